The Hall–Kier alpha value is -0.850. The standard InChI is InChI=1S/C14H19N3S3/c1-19-10-4-8-15-14(18)16-9-7-13-17-11-5-2-3-6-12(11)20-13/h2-3,5-6H,4,7-10H2,1H3,(H2,15,16,18). The summed E-state index contributed by atoms with van der Waals surface area (Å²) in [6.45, 7) is 1.77. The zero-order valence-electron chi connectivity index (χ0n) is 11.5. The van der Waals surface area contributed by atoms with Gasteiger partial charge in [-0.2, -0.15) is 11.8 Å². The number of para-hydroxylation sites is 1. The van der Waals surface area contributed by atoms with Crippen LogP contribution in [0.2, 0.25) is 0 Å². The van der Waals surface area contributed by atoms with Crippen molar-refractivity contribution in [1.29, 1.82) is 0 Å². The second kappa shape index (κ2) is 8.44. The maximum Gasteiger partial charge on any atom is 0.166 e. The minimum Gasteiger partial charge on any atom is -0.363 e. The molecule has 0 atom stereocenters. The molecule has 2 aromatic rings. The van der Waals surface area contributed by atoms with Crippen LogP contribution in [0.1, 0.15) is 11.4 Å². The lowest BCUT2D eigenvalue weighted by Gasteiger charge is -2.09. The van der Waals surface area contributed by atoms with E-state index in [1.165, 1.54) is 10.5 Å². The predicted octanol–water partition coefficient (Wildman–Crippen LogP) is 3.06. The second-order valence-corrected chi connectivity index (χ2v) is 6.86. The van der Waals surface area contributed by atoms with Crippen LogP contribution in [0.15, 0.2) is 24.3 Å². The first-order valence-corrected chi connectivity index (χ1v) is 9.26. The van der Waals surface area contributed by atoms with Gasteiger partial charge in [0, 0.05) is 19.5 Å². The van der Waals surface area contributed by atoms with Crippen molar-refractivity contribution in [2.45, 2.75) is 12.8 Å². The molecule has 0 fully saturated rings. The number of nitrogens with one attached hydrogen (secondary N) is 2. The van der Waals surface area contributed by atoms with Gasteiger partial charge in [0.25, 0.3) is 0 Å². The molecule has 0 amide bonds. The maximum atomic E-state index is 5.24. The van der Waals surface area contributed by atoms with Gasteiger partial charge >= 0.3 is 0 Å². The molecule has 0 unspecified atom stereocenters. The van der Waals surface area contributed by atoms with Crippen LogP contribution in [0, 0.1) is 0 Å². The van der Waals surface area contributed by atoms with Gasteiger partial charge in [-0.15, -0.1) is 11.3 Å². The molecule has 0 aliphatic heterocycles. The molecule has 0 saturated carbocycles. The van der Waals surface area contributed by atoms with Crippen LogP contribution in [0.25, 0.3) is 10.2 Å². The van der Waals surface area contributed by atoms with Crippen LogP contribution in [0.3, 0.4) is 0 Å². The molecule has 0 spiro atoms. The molecule has 0 saturated heterocycles. The first-order valence-electron chi connectivity index (χ1n) is 6.64. The fraction of sp³-hybridized carbons (Fsp3) is 0.429. The molecule has 6 heteroatoms. The SMILES string of the molecule is CSCCCNC(=S)NCCc1nc2ccccc2s1. The van der Waals surface area contributed by atoms with Crippen molar-refractivity contribution >= 4 is 50.6 Å². The summed E-state index contributed by atoms with van der Waals surface area (Å²) in [7, 11) is 0. The average Bonchev–Trinajstić information content (AvgIpc) is 2.86. The molecular weight excluding hydrogens is 306 g/mol. The fourth-order valence-electron chi connectivity index (χ4n) is 1.79. The summed E-state index contributed by atoms with van der Waals surface area (Å²) < 4.78 is 1.25. The molecule has 0 bridgehead atoms. The Bertz CT molecular complexity index is 520. The van der Waals surface area contributed by atoms with E-state index in [1.54, 1.807) is 11.3 Å². The van der Waals surface area contributed by atoms with Crippen LogP contribution in [-0.2, 0) is 6.42 Å². The number of fused-ring (bicyclic) bond motifs is 1. The lowest BCUT2D eigenvalue weighted by atomic mass is 10.3. The summed E-state index contributed by atoms with van der Waals surface area (Å²) in [5, 5.41) is 8.35. The Morgan fingerprint density at radius 1 is 1.30 bits per heavy atom. The van der Waals surface area contributed by atoms with Crippen LogP contribution in [0.4, 0.5) is 0 Å². The van der Waals surface area contributed by atoms with Crippen molar-refractivity contribution in [2.75, 3.05) is 25.1 Å². The highest BCUT2D eigenvalue weighted by Gasteiger charge is 2.03. The van der Waals surface area contributed by atoms with Gasteiger partial charge in [-0.3, -0.25) is 0 Å². The summed E-state index contributed by atoms with van der Waals surface area (Å²) in [6.07, 6.45) is 4.17. The summed E-state index contributed by atoms with van der Waals surface area (Å²) in [4.78, 5) is 4.61. The molecule has 2 N–H and O–H groups in total. The first-order chi connectivity index (χ1) is 9.79. The topological polar surface area (TPSA) is 37.0 Å². The average molecular weight is 326 g/mol. The van der Waals surface area contributed by atoms with E-state index >= 15 is 0 Å². The largest absolute Gasteiger partial charge is 0.363 e. The van der Waals surface area contributed by atoms with Crippen molar-refractivity contribution in [3.05, 3.63) is 29.3 Å². The van der Waals surface area contributed by atoms with Gasteiger partial charge in [0.15, 0.2) is 5.11 Å². The number of thioether (sulfide) groups is 1. The number of aromatic nitrogens is 1. The molecule has 1 aromatic carbocycles. The summed E-state index contributed by atoms with van der Waals surface area (Å²) in [5.41, 5.74) is 1.09. The van der Waals surface area contributed by atoms with E-state index in [0.717, 1.165) is 41.6 Å². The van der Waals surface area contributed by atoms with Crippen molar-refractivity contribution in [3.8, 4) is 0 Å². The summed E-state index contributed by atoms with van der Waals surface area (Å²) in [5.74, 6) is 1.17. The van der Waals surface area contributed by atoms with E-state index < -0.39 is 0 Å². The highest BCUT2D eigenvalue weighted by molar-refractivity contribution is 7.98. The van der Waals surface area contributed by atoms with E-state index in [4.69, 9.17) is 12.2 Å². The van der Waals surface area contributed by atoms with Crippen molar-refractivity contribution < 1.29 is 0 Å². The van der Waals surface area contributed by atoms with Gasteiger partial charge < -0.3 is 10.6 Å². The maximum absolute atomic E-state index is 5.24. The predicted molar refractivity (Wildman–Crippen MR) is 94.9 cm³/mol. The van der Waals surface area contributed by atoms with E-state index in [2.05, 4.69) is 40.1 Å². The Kier molecular flexibility index (Phi) is 6.56. The van der Waals surface area contributed by atoms with E-state index in [0.29, 0.717) is 0 Å². The molecular formula is C14H19N3S3. The van der Waals surface area contributed by atoms with E-state index in [-0.39, 0.29) is 0 Å². The summed E-state index contributed by atoms with van der Waals surface area (Å²) >= 11 is 8.85. The van der Waals surface area contributed by atoms with Crippen LogP contribution in [-0.4, -0.2) is 35.2 Å². The van der Waals surface area contributed by atoms with Gasteiger partial charge in [0.2, 0.25) is 0 Å². The molecule has 3 nitrogen and oxygen atoms in total. The molecule has 1 aromatic heterocycles. The van der Waals surface area contributed by atoms with E-state index in [9.17, 15) is 0 Å². The molecule has 1 heterocycles. The monoisotopic (exact) mass is 325 g/mol. The molecule has 0 radical (unpaired) electrons. The zero-order chi connectivity index (χ0) is 14.2. The highest BCUT2D eigenvalue weighted by atomic mass is 32.2. The number of thiocarbonyl (C=S) groups is 1. The Morgan fingerprint density at radius 3 is 2.90 bits per heavy atom. The molecule has 0 aliphatic carbocycles. The number of hydrogen-bond donors (Lipinski definition) is 2. The lowest BCUT2D eigenvalue weighted by Crippen LogP contribution is -2.36. The number of hydrogen-bond acceptors (Lipinski definition) is 4. The molecule has 20 heavy (non-hydrogen) atoms. The highest BCUT2D eigenvalue weighted by Crippen LogP contribution is 2.21. The minimum atomic E-state index is 0.743. The van der Waals surface area contributed by atoms with Gasteiger partial charge in [-0.25, -0.2) is 4.98 Å². The van der Waals surface area contributed by atoms with Crippen LogP contribution in [0.5, 0.6) is 0 Å². The quantitative estimate of drug-likeness (QED) is 0.604. The first kappa shape index (κ1) is 15.5. The Morgan fingerprint density at radius 2 is 2.10 bits per heavy atom. The number of nitrogens with zero attached hydrogens (tertiary/aromatic N) is 1. The van der Waals surface area contributed by atoms with Crippen LogP contribution < -0.4 is 10.6 Å². The van der Waals surface area contributed by atoms with Crippen molar-refractivity contribution in [3.63, 3.8) is 0 Å². The number of benzene rings is 1. The third-order valence-corrected chi connectivity index (χ3v) is 4.86. The zero-order valence-corrected chi connectivity index (χ0v) is 14.0. The molecule has 0 aliphatic rings. The van der Waals surface area contributed by atoms with E-state index in [1.807, 2.05) is 17.8 Å². The van der Waals surface area contributed by atoms with Gasteiger partial charge in [0.05, 0.1) is 15.2 Å². The number of rotatable bonds is 7. The molecule has 108 valence electrons. The summed E-state index contributed by atoms with van der Waals surface area (Å²) in [6, 6.07) is 8.25. The Balaban J connectivity index is 1.68. The Labute approximate surface area is 133 Å². The van der Waals surface area contributed by atoms with Crippen LogP contribution >= 0.6 is 35.3 Å². The second-order valence-electron chi connectivity index (χ2n) is 4.35. The van der Waals surface area contributed by atoms with Gasteiger partial charge in [-0.1, -0.05) is 12.1 Å². The number of thiazole rings is 1. The van der Waals surface area contributed by atoms with Gasteiger partial charge in [-0.05, 0) is 42.8 Å². The smallest absolute Gasteiger partial charge is 0.166 e. The lowest BCUT2D eigenvalue weighted by molar-refractivity contribution is 0.793. The molecule has 2 rings (SSSR count). The normalized spacial score (nSPS) is 10.7. The third kappa shape index (κ3) is 4.92. The third-order valence-electron chi connectivity index (χ3n) is 2.77. The fourth-order valence-corrected chi connectivity index (χ4v) is 3.39. The van der Waals surface area contributed by atoms with Crippen molar-refractivity contribution in [2.24, 2.45) is 0 Å². The van der Waals surface area contributed by atoms with Gasteiger partial charge in [0.1, 0.15) is 0 Å². The minimum absolute atomic E-state index is 0.743. The van der Waals surface area contributed by atoms with Crippen molar-refractivity contribution in [1.82, 2.24) is 15.6 Å².